The molecule has 1 aliphatic carbocycles. The van der Waals surface area contributed by atoms with E-state index in [0.29, 0.717) is 12.0 Å². The molecule has 0 heterocycles. The largest absolute Gasteiger partial charge is 0.314 e. The van der Waals surface area contributed by atoms with E-state index >= 15 is 0 Å². The summed E-state index contributed by atoms with van der Waals surface area (Å²) in [6, 6.07) is 0.470. The first-order valence-corrected chi connectivity index (χ1v) is 4.06. The molecule has 0 bridgehead atoms. The van der Waals surface area contributed by atoms with Crippen LogP contribution in [0.1, 0.15) is 26.7 Å². The first-order chi connectivity index (χ1) is 4.68. The maximum absolute atomic E-state index is 12.3. The van der Waals surface area contributed by atoms with E-state index in [9.17, 15) is 4.39 Å². The van der Waals surface area contributed by atoms with Crippen molar-refractivity contribution in [2.24, 2.45) is 5.92 Å². The lowest BCUT2D eigenvalue weighted by Gasteiger charge is -2.31. The number of rotatable bonds is 3. The molecule has 1 N–H and O–H groups in total. The SMILES string of the molecule is CC(C)CNC1CC(F)C1. The molecule has 1 nitrogen and oxygen atoms in total. The monoisotopic (exact) mass is 145 g/mol. The summed E-state index contributed by atoms with van der Waals surface area (Å²) in [4.78, 5) is 0. The fourth-order valence-electron chi connectivity index (χ4n) is 1.12. The van der Waals surface area contributed by atoms with E-state index in [2.05, 4.69) is 19.2 Å². The zero-order valence-corrected chi connectivity index (χ0v) is 6.73. The average Bonchev–Trinajstić information content (AvgIpc) is 1.77. The Morgan fingerprint density at radius 1 is 1.50 bits per heavy atom. The van der Waals surface area contributed by atoms with Crippen molar-refractivity contribution < 1.29 is 4.39 Å². The van der Waals surface area contributed by atoms with E-state index in [1.807, 2.05) is 0 Å². The molecule has 0 unspecified atom stereocenters. The lowest BCUT2D eigenvalue weighted by molar-refractivity contribution is 0.153. The van der Waals surface area contributed by atoms with E-state index in [4.69, 9.17) is 0 Å². The van der Waals surface area contributed by atoms with Crippen molar-refractivity contribution in [3.8, 4) is 0 Å². The molecule has 10 heavy (non-hydrogen) atoms. The first-order valence-electron chi connectivity index (χ1n) is 4.06. The van der Waals surface area contributed by atoms with Gasteiger partial charge < -0.3 is 5.32 Å². The fraction of sp³-hybridized carbons (Fsp3) is 1.00. The molecule has 0 atom stereocenters. The summed E-state index contributed by atoms with van der Waals surface area (Å²) in [5.74, 6) is 0.679. The van der Waals surface area contributed by atoms with Gasteiger partial charge >= 0.3 is 0 Å². The van der Waals surface area contributed by atoms with Gasteiger partial charge in [0.05, 0.1) is 0 Å². The molecule has 1 saturated carbocycles. The van der Waals surface area contributed by atoms with Crippen LogP contribution in [0.15, 0.2) is 0 Å². The normalized spacial score (nSPS) is 32.4. The van der Waals surface area contributed by atoms with Crippen LogP contribution in [0.25, 0.3) is 0 Å². The third-order valence-electron chi connectivity index (χ3n) is 1.90. The Morgan fingerprint density at radius 2 is 2.10 bits per heavy atom. The summed E-state index contributed by atoms with van der Waals surface area (Å²) in [5.41, 5.74) is 0. The molecule has 0 spiro atoms. The highest BCUT2D eigenvalue weighted by Crippen LogP contribution is 2.22. The maximum atomic E-state index is 12.3. The second-order valence-electron chi connectivity index (χ2n) is 3.57. The molecule has 1 fully saturated rings. The topological polar surface area (TPSA) is 12.0 Å². The molecule has 2 heteroatoms. The molecule has 0 amide bonds. The number of nitrogens with one attached hydrogen (secondary N) is 1. The molecule has 1 aliphatic rings. The van der Waals surface area contributed by atoms with Crippen LogP contribution < -0.4 is 5.32 Å². The van der Waals surface area contributed by atoms with Crippen LogP contribution in [0.2, 0.25) is 0 Å². The number of halogens is 1. The zero-order chi connectivity index (χ0) is 7.56. The predicted molar refractivity (Wildman–Crippen MR) is 40.8 cm³/mol. The van der Waals surface area contributed by atoms with Crippen molar-refractivity contribution in [3.63, 3.8) is 0 Å². The smallest absolute Gasteiger partial charge is 0.103 e. The maximum Gasteiger partial charge on any atom is 0.103 e. The molecular weight excluding hydrogens is 129 g/mol. The highest BCUT2D eigenvalue weighted by atomic mass is 19.1. The van der Waals surface area contributed by atoms with Gasteiger partial charge in [-0.1, -0.05) is 13.8 Å². The van der Waals surface area contributed by atoms with Crippen molar-refractivity contribution in [1.82, 2.24) is 5.32 Å². The van der Waals surface area contributed by atoms with Crippen molar-refractivity contribution >= 4 is 0 Å². The minimum atomic E-state index is -0.523. The van der Waals surface area contributed by atoms with Gasteiger partial charge in [-0.2, -0.15) is 0 Å². The number of alkyl halides is 1. The van der Waals surface area contributed by atoms with Crippen LogP contribution in [-0.4, -0.2) is 18.8 Å². The molecule has 0 aromatic rings. The average molecular weight is 145 g/mol. The van der Waals surface area contributed by atoms with Crippen molar-refractivity contribution in [3.05, 3.63) is 0 Å². The molecular formula is C8H16FN. The van der Waals surface area contributed by atoms with Crippen LogP contribution in [0.3, 0.4) is 0 Å². The molecule has 0 aliphatic heterocycles. The van der Waals surface area contributed by atoms with Crippen LogP contribution in [0.4, 0.5) is 4.39 Å². The van der Waals surface area contributed by atoms with E-state index in [0.717, 1.165) is 19.4 Å². The second kappa shape index (κ2) is 3.33. The van der Waals surface area contributed by atoms with Gasteiger partial charge in [0.1, 0.15) is 6.17 Å². The summed E-state index contributed by atoms with van der Waals surface area (Å²) < 4.78 is 12.3. The van der Waals surface area contributed by atoms with Gasteiger partial charge in [-0.15, -0.1) is 0 Å². The summed E-state index contributed by atoms with van der Waals surface area (Å²) in [6.07, 6.45) is 0.934. The van der Waals surface area contributed by atoms with Gasteiger partial charge in [-0.25, -0.2) is 4.39 Å². The molecule has 0 aromatic carbocycles. The third kappa shape index (κ3) is 2.25. The fourth-order valence-corrected chi connectivity index (χ4v) is 1.12. The van der Waals surface area contributed by atoms with Crippen LogP contribution in [-0.2, 0) is 0 Å². The van der Waals surface area contributed by atoms with Crippen LogP contribution >= 0.6 is 0 Å². The van der Waals surface area contributed by atoms with Gasteiger partial charge in [0, 0.05) is 6.04 Å². The van der Waals surface area contributed by atoms with E-state index in [-0.39, 0.29) is 0 Å². The summed E-state index contributed by atoms with van der Waals surface area (Å²) in [6.45, 7) is 5.36. The van der Waals surface area contributed by atoms with Gasteiger partial charge in [-0.05, 0) is 25.3 Å². The van der Waals surface area contributed by atoms with E-state index in [1.54, 1.807) is 0 Å². The number of hydrogen-bond acceptors (Lipinski definition) is 1. The van der Waals surface area contributed by atoms with Gasteiger partial charge in [0.2, 0.25) is 0 Å². The van der Waals surface area contributed by atoms with E-state index < -0.39 is 6.17 Å². The summed E-state index contributed by atoms with van der Waals surface area (Å²) in [5, 5.41) is 3.31. The van der Waals surface area contributed by atoms with E-state index in [1.165, 1.54) is 0 Å². The van der Waals surface area contributed by atoms with Gasteiger partial charge in [0.25, 0.3) is 0 Å². The van der Waals surface area contributed by atoms with Gasteiger partial charge in [0.15, 0.2) is 0 Å². The lowest BCUT2D eigenvalue weighted by Crippen LogP contribution is -2.43. The second-order valence-corrected chi connectivity index (χ2v) is 3.57. The Kier molecular flexibility index (Phi) is 2.66. The van der Waals surface area contributed by atoms with Crippen molar-refractivity contribution in [1.29, 1.82) is 0 Å². The predicted octanol–water partition coefficient (Wildman–Crippen LogP) is 1.73. The Bertz CT molecular complexity index is 97.4. The minimum Gasteiger partial charge on any atom is -0.314 e. The Balaban J connectivity index is 1.95. The lowest BCUT2D eigenvalue weighted by atomic mass is 9.90. The highest BCUT2D eigenvalue weighted by Gasteiger charge is 2.27. The molecule has 1 rings (SSSR count). The molecule has 0 radical (unpaired) electrons. The Labute approximate surface area is 62.0 Å². The van der Waals surface area contributed by atoms with Crippen molar-refractivity contribution in [2.45, 2.75) is 38.9 Å². The molecule has 0 saturated heterocycles. The number of hydrogen-bond donors (Lipinski definition) is 1. The van der Waals surface area contributed by atoms with Crippen LogP contribution in [0, 0.1) is 5.92 Å². The minimum absolute atomic E-state index is 0.470. The first kappa shape index (κ1) is 7.99. The third-order valence-corrected chi connectivity index (χ3v) is 1.90. The Morgan fingerprint density at radius 3 is 2.50 bits per heavy atom. The van der Waals surface area contributed by atoms with Gasteiger partial charge in [-0.3, -0.25) is 0 Å². The quantitative estimate of drug-likeness (QED) is 0.637. The molecule has 0 aromatic heterocycles. The van der Waals surface area contributed by atoms with Crippen LogP contribution in [0.5, 0.6) is 0 Å². The zero-order valence-electron chi connectivity index (χ0n) is 6.73. The molecule has 60 valence electrons. The summed E-state index contributed by atoms with van der Waals surface area (Å²) >= 11 is 0. The Hall–Kier alpha value is -0.110. The van der Waals surface area contributed by atoms with Crippen molar-refractivity contribution in [2.75, 3.05) is 6.54 Å². The summed E-state index contributed by atoms with van der Waals surface area (Å²) in [7, 11) is 0. The standard InChI is InChI=1S/C8H16FN/c1-6(2)5-10-8-3-7(9)4-8/h6-8,10H,3-5H2,1-2H3. The highest BCUT2D eigenvalue weighted by molar-refractivity contribution is 4.84.